The van der Waals surface area contributed by atoms with Crippen LogP contribution in [0, 0.1) is 0 Å². The number of carbonyl (C=O) groups is 2. The second-order valence-electron chi connectivity index (χ2n) is 28.4. The molecular weight excluding hydrogens is 1680 g/mol. The van der Waals surface area contributed by atoms with Gasteiger partial charge in [-0.25, -0.2) is 49.5 Å². The van der Waals surface area contributed by atoms with Gasteiger partial charge in [0.05, 0.1) is 102 Å². The quantitative estimate of drug-likeness (QED) is 0.0261. The van der Waals surface area contributed by atoms with Crippen LogP contribution in [-0.2, 0) is 9.47 Å². The van der Waals surface area contributed by atoms with E-state index < -0.39 is 5.97 Å². The zero-order chi connectivity index (χ0) is 92.6. The number of nitrogens with one attached hydrogen (secondary N) is 2. The third-order valence-electron chi connectivity index (χ3n) is 20.0. The predicted octanol–water partition coefficient (Wildman–Crippen LogP) is 19.9. The highest BCUT2D eigenvalue weighted by Crippen LogP contribution is 2.40. The number of rotatable bonds is 25. The Balaban J connectivity index is 0.000000142. The smallest absolute Gasteiger partial charge is 0.338 e. The normalized spacial score (nSPS) is 10.6. The first-order valence-electron chi connectivity index (χ1n) is 40.8. The van der Waals surface area contributed by atoms with Gasteiger partial charge in [-0.2, -0.15) is 19.9 Å². The second kappa shape index (κ2) is 42.8. The van der Waals surface area contributed by atoms with E-state index >= 15 is 0 Å². The molecule has 0 amide bonds. The summed E-state index contributed by atoms with van der Waals surface area (Å²) in [5.41, 5.74) is 10.7. The third-order valence-corrected chi connectivity index (χ3v) is 20.0. The maximum atomic E-state index is 11.9. The molecule has 7 N–H and O–H groups in total. The number of para-hydroxylation sites is 1. The minimum absolute atomic E-state index is 0.0406. The van der Waals surface area contributed by atoms with Crippen molar-refractivity contribution in [3.05, 3.63) is 314 Å². The molecule has 132 heavy (non-hydrogen) atoms. The van der Waals surface area contributed by atoms with Gasteiger partial charge >= 0.3 is 11.9 Å². The first kappa shape index (κ1) is 90.3. The van der Waals surface area contributed by atoms with Crippen LogP contribution in [0.1, 0.15) is 27.6 Å². The predicted molar refractivity (Wildman–Crippen MR) is 500 cm³/mol. The van der Waals surface area contributed by atoms with Gasteiger partial charge in [-0.05, 0) is 200 Å². The van der Waals surface area contributed by atoms with Crippen LogP contribution in [0.5, 0.6) is 69.0 Å². The number of aromatic hydroxyl groups is 5. The van der Waals surface area contributed by atoms with E-state index in [1.54, 1.807) is 150 Å². The Morgan fingerprint density at radius 2 is 0.485 bits per heavy atom. The number of carbonyl (C=O) groups excluding carboxylic acids is 2. The van der Waals surface area contributed by atoms with Crippen molar-refractivity contribution in [3.8, 4) is 194 Å². The molecule has 30 heteroatoms. The lowest BCUT2D eigenvalue weighted by Crippen LogP contribution is -2.05. The fraction of sp³-hybridized carbons (Fsp3) is 0.0980. The highest BCUT2D eigenvalue weighted by molar-refractivity contribution is 5.91. The highest BCUT2D eigenvalue weighted by Gasteiger charge is 2.23. The van der Waals surface area contributed by atoms with Crippen molar-refractivity contribution in [2.75, 3.05) is 74.1 Å². The topological polar surface area (TPSA) is 397 Å². The van der Waals surface area contributed by atoms with Crippen LogP contribution >= 0.6 is 0 Å². The van der Waals surface area contributed by atoms with Gasteiger partial charge in [0.25, 0.3) is 0 Å². The number of phenols is 5. The molecule has 0 aliphatic heterocycles. The third kappa shape index (κ3) is 22.5. The molecule has 0 aliphatic rings. The molecule has 30 nitrogen and oxygen atoms in total. The van der Waals surface area contributed by atoms with Gasteiger partial charge in [-0.15, -0.1) is 0 Å². The van der Waals surface area contributed by atoms with Crippen LogP contribution in [-0.4, -0.2) is 161 Å². The van der Waals surface area contributed by atoms with E-state index in [0.717, 1.165) is 56.1 Å². The van der Waals surface area contributed by atoms with Crippen LogP contribution in [0.15, 0.2) is 303 Å². The Kier molecular flexibility index (Phi) is 29.3. The van der Waals surface area contributed by atoms with Gasteiger partial charge in [0.2, 0.25) is 11.9 Å². The maximum Gasteiger partial charge on any atom is 0.338 e. The average molecular weight is 1760 g/mol. The fourth-order valence-corrected chi connectivity index (χ4v) is 13.1. The average Bonchev–Trinajstić information content (AvgIpc) is 0.791. The number of nitrogens with zero attached hydrogens (tertiary/aromatic N) is 12. The van der Waals surface area contributed by atoms with Crippen LogP contribution in [0.4, 0.5) is 23.3 Å². The molecule has 17 aromatic rings. The summed E-state index contributed by atoms with van der Waals surface area (Å²) < 4.78 is 46.1. The number of esters is 2. The molecular formula is C102H86N14O16. The van der Waals surface area contributed by atoms with Gasteiger partial charge in [0.1, 0.15) is 69.0 Å². The Bertz CT molecular complexity index is 6650. The number of hydrogen-bond acceptors (Lipinski definition) is 30. The standard InChI is InChI=1S/C27H19N3O.C26H24N4O4.C25H22N4O6.C24H21N3O5/c31-24-14-8-7-13-23(24)27-29-25(21-11-5-2-6-12-21)28-26(30-27)22-17-15-20(16-18-22)19-9-3-1-4-10-19;1-4-34-25(31)19-5-11-20(12-6-19)27-26-29-23(17-7-13-21(32-2)14-8-17)28-24(30-26)18-9-15-22(33-3)16-10-18;1-33-16-8-10-18(20(30)12-16)22-27-23(19-11-9-17(34-2)13-21(19)31)29-25(28-22)26-15-6-4-14(5-7-15)24(32)35-3;1-30-15-6-4-14(5-7-15)22-25-23(18-10-8-16(31-2)12-20(18)28)27-24(26-22)19-11-9-17(32-3)13-21(19)29/h1-18,31H;5-16H,4H2,1-3H3,(H,27,28,29,30);4-13,30-31H,1-3H3,(H,26,27,28,29);4-13,28-29H,1-3H3. The van der Waals surface area contributed by atoms with Gasteiger partial charge < -0.3 is 78.8 Å². The van der Waals surface area contributed by atoms with E-state index in [-0.39, 0.29) is 64.0 Å². The number of aromatic nitrogens is 12. The monoisotopic (exact) mass is 1760 g/mol. The Hall–Kier alpha value is -18.0. The molecule has 13 aromatic carbocycles. The van der Waals surface area contributed by atoms with Crippen LogP contribution in [0.2, 0.25) is 0 Å². The van der Waals surface area contributed by atoms with Crippen molar-refractivity contribution in [3.63, 3.8) is 0 Å². The molecule has 0 spiro atoms. The summed E-state index contributed by atoms with van der Waals surface area (Å²) in [4.78, 5) is 78.6. The van der Waals surface area contributed by atoms with Crippen molar-refractivity contribution < 1.29 is 77.8 Å². The number of anilines is 4. The van der Waals surface area contributed by atoms with Crippen LogP contribution in [0.3, 0.4) is 0 Å². The molecule has 0 aliphatic carbocycles. The summed E-state index contributed by atoms with van der Waals surface area (Å²) in [6.07, 6.45) is 0. The van der Waals surface area contributed by atoms with Crippen molar-refractivity contribution >= 4 is 35.2 Å². The zero-order valence-corrected chi connectivity index (χ0v) is 72.7. The first-order valence-corrected chi connectivity index (χ1v) is 40.8. The van der Waals surface area contributed by atoms with E-state index in [1.165, 1.54) is 59.8 Å². The fourth-order valence-electron chi connectivity index (χ4n) is 13.1. The van der Waals surface area contributed by atoms with E-state index in [0.29, 0.717) is 121 Å². The Labute approximate surface area is 758 Å². The van der Waals surface area contributed by atoms with E-state index in [4.69, 9.17) is 47.6 Å². The number of hydrogen-bond donors (Lipinski definition) is 7. The zero-order valence-electron chi connectivity index (χ0n) is 72.7. The van der Waals surface area contributed by atoms with Crippen molar-refractivity contribution in [1.29, 1.82) is 0 Å². The molecule has 0 saturated carbocycles. The van der Waals surface area contributed by atoms with Gasteiger partial charge in [0.15, 0.2) is 58.2 Å². The van der Waals surface area contributed by atoms with Crippen molar-refractivity contribution in [2.45, 2.75) is 6.92 Å². The minimum atomic E-state index is -0.453. The van der Waals surface area contributed by atoms with Crippen LogP contribution in [0.25, 0.3) is 125 Å². The molecule has 0 saturated heterocycles. The summed E-state index contributed by atoms with van der Waals surface area (Å²) in [6, 6.07) is 90.1. The number of phenolic OH excluding ortho intramolecular Hbond substituents is 5. The largest absolute Gasteiger partial charge is 0.507 e. The molecule has 0 bridgehead atoms. The van der Waals surface area contributed by atoms with Gasteiger partial charge in [-0.3, -0.25) is 0 Å². The summed E-state index contributed by atoms with van der Waals surface area (Å²) >= 11 is 0. The minimum Gasteiger partial charge on any atom is -0.507 e. The number of methoxy groups -OCH3 is 8. The first-order chi connectivity index (χ1) is 64.3. The molecule has 0 unspecified atom stereocenters. The van der Waals surface area contributed by atoms with E-state index in [9.17, 15) is 35.1 Å². The molecule has 0 atom stereocenters. The lowest BCUT2D eigenvalue weighted by Gasteiger charge is -2.12. The molecule has 17 rings (SSSR count). The van der Waals surface area contributed by atoms with Gasteiger partial charge in [0, 0.05) is 63.5 Å². The number of ether oxygens (including phenoxy) is 9. The lowest BCUT2D eigenvalue weighted by molar-refractivity contribution is 0.0525. The summed E-state index contributed by atoms with van der Waals surface area (Å²) in [5.74, 6) is 7.50. The highest BCUT2D eigenvalue weighted by atomic mass is 16.5. The Morgan fingerprint density at radius 3 is 0.803 bits per heavy atom. The molecule has 4 heterocycles. The Morgan fingerprint density at radius 1 is 0.242 bits per heavy atom. The maximum absolute atomic E-state index is 11.9. The summed E-state index contributed by atoms with van der Waals surface area (Å²) in [6.45, 7) is 2.10. The second-order valence-corrected chi connectivity index (χ2v) is 28.4. The van der Waals surface area contributed by atoms with Crippen molar-refractivity contribution in [2.24, 2.45) is 0 Å². The number of benzene rings is 13. The van der Waals surface area contributed by atoms with E-state index in [2.05, 4.69) is 89.7 Å². The lowest BCUT2D eigenvalue weighted by atomic mass is 10.0. The van der Waals surface area contributed by atoms with Crippen molar-refractivity contribution in [1.82, 2.24) is 59.8 Å². The van der Waals surface area contributed by atoms with Gasteiger partial charge in [-0.1, -0.05) is 97.1 Å². The van der Waals surface area contributed by atoms with E-state index in [1.807, 2.05) is 133 Å². The van der Waals surface area contributed by atoms with Crippen LogP contribution < -0.4 is 43.8 Å². The summed E-state index contributed by atoms with van der Waals surface area (Å²) in [7, 11) is 12.2. The molecule has 0 fully saturated rings. The SMILES string of the molecule is CCOC(=O)c1ccc(Nc2nc(-c3ccc(OC)cc3)nc(-c3ccc(OC)cc3)n2)cc1.COC(=O)c1ccc(Nc2nc(-c3ccc(OC)cc3O)nc(-c3ccc(OC)cc3O)n2)cc1.COc1ccc(-c2nc(-c3ccc(OC)cc3O)nc(-c3ccc(OC)cc3O)n2)cc1.Oc1ccccc1-c1nc(-c2ccccc2)nc(-c2ccc(-c3ccccc3)cc2)n1. The summed E-state index contributed by atoms with van der Waals surface area (Å²) in [5, 5.41) is 58.7. The molecule has 0 radical (unpaired) electrons. The molecule has 660 valence electrons. The molecule has 4 aromatic heterocycles.